The fourth-order valence-corrected chi connectivity index (χ4v) is 5.23. The van der Waals surface area contributed by atoms with Crippen molar-refractivity contribution < 1.29 is 43.8 Å². The van der Waals surface area contributed by atoms with Crippen molar-refractivity contribution in [3.05, 3.63) is 35.9 Å². The summed E-state index contributed by atoms with van der Waals surface area (Å²) >= 11 is 4.03. The number of nitrogens with one attached hydrogen (secondary N) is 5. The Balaban J connectivity index is 3.25. The first-order valence-corrected chi connectivity index (χ1v) is 17.9. The lowest BCUT2D eigenvalue weighted by molar-refractivity contribution is -0.143. The van der Waals surface area contributed by atoms with Crippen LogP contribution >= 0.6 is 12.6 Å². The molecule has 1 rings (SSSR count). The van der Waals surface area contributed by atoms with Crippen molar-refractivity contribution in [2.24, 2.45) is 34.0 Å². The average molecular weight is 766 g/mol. The molecule has 0 radical (unpaired) electrons. The van der Waals surface area contributed by atoms with Gasteiger partial charge >= 0.3 is 11.9 Å². The fraction of sp³-hybridized carbons (Fsp3) is 0.588. The van der Waals surface area contributed by atoms with Gasteiger partial charge in [0.05, 0.1) is 12.5 Å². The second-order valence-corrected chi connectivity index (χ2v) is 13.8. The Morgan fingerprint density at radius 3 is 1.60 bits per heavy atom. The molecule has 0 spiro atoms. The van der Waals surface area contributed by atoms with E-state index in [9.17, 15) is 43.8 Å². The van der Waals surface area contributed by atoms with Gasteiger partial charge in [-0.25, -0.2) is 4.79 Å². The SMILES string of the molecule is CC(C)C[C@H](NC(=O)[C@H](CC(C)C)NC(=O)[C@H](CCCN=C(N)N)NC(=O)[C@@H](N)CS)C(=O)N[C@@H](CC(=O)O)C(=O)N[C@@H](Cc1ccccc1)C(=O)O. The number of carboxylic acid groups (broad SMARTS) is 2. The molecule has 0 fully saturated rings. The average Bonchev–Trinajstić information content (AvgIpc) is 3.07. The lowest BCUT2D eigenvalue weighted by Crippen LogP contribution is -2.60. The summed E-state index contributed by atoms with van der Waals surface area (Å²) in [4.78, 5) is 94.2. The highest BCUT2D eigenvalue weighted by Gasteiger charge is 2.34. The van der Waals surface area contributed by atoms with Crippen molar-refractivity contribution in [2.75, 3.05) is 12.3 Å². The highest BCUT2D eigenvalue weighted by molar-refractivity contribution is 7.80. The van der Waals surface area contributed by atoms with Crippen LogP contribution in [-0.4, -0.2) is 106 Å². The van der Waals surface area contributed by atoms with E-state index >= 15 is 0 Å². The van der Waals surface area contributed by atoms with Crippen molar-refractivity contribution in [2.45, 2.75) is 102 Å². The molecule has 0 saturated heterocycles. The van der Waals surface area contributed by atoms with Crippen LogP contribution in [0, 0.1) is 11.8 Å². The molecule has 0 aliphatic heterocycles. The number of nitrogens with zero attached hydrogens (tertiary/aromatic N) is 1. The van der Waals surface area contributed by atoms with E-state index in [0.29, 0.717) is 5.56 Å². The summed E-state index contributed by atoms with van der Waals surface area (Å²) in [6.45, 7) is 7.32. The van der Waals surface area contributed by atoms with Gasteiger partial charge in [0.2, 0.25) is 29.5 Å². The third-order valence-corrected chi connectivity index (χ3v) is 8.09. The number of amides is 5. The molecule has 19 heteroatoms. The molecule has 0 aliphatic carbocycles. The fourth-order valence-electron chi connectivity index (χ4n) is 5.06. The molecule has 0 heterocycles. The summed E-state index contributed by atoms with van der Waals surface area (Å²) in [5.41, 5.74) is 17.1. The van der Waals surface area contributed by atoms with Gasteiger partial charge in [0.1, 0.15) is 30.2 Å². The van der Waals surface area contributed by atoms with Crippen LogP contribution in [0.4, 0.5) is 0 Å². The zero-order valence-electron chi connectivity index (χ0n) is 30.5. The zero-order valence-corrected chi connectivity index (χ0v) is 31.4. The Kier molecular flexibility index (Phi) is 20.5. The predicted molar refractivity (Wildman–Crippen MR) is 200 cm³/mol. The van der Waals surface area contributed by atoms with Gasteiger partial charge in [-0.3, -0.25) is 33.8 Å². The van der Waals surface area contributed by atoms with Crippen molar-refractivity contribution >= 4 is 60.1 Å². The molecule has 0 bridgehead atoms. The lowest BCUT2D eigenvalue weighted by Gasteiger charge is -2.28. The van der Waals surface area contributed by atoms with Crippen LogP contribution in [0.25, 0.3) is 0 Å². The number of aliphatic imine (C=N–C) groups is 1. The molecule has 296 valence electrons. The van der Waals surface area contributed by atoms with E-state index < -0.39 is 84.1 Å². The quantitative estimate of drug-likeness (QED) is 0.0251. The summed E-state index contributed by atoms with van der Waals surface area (Å²) in [5.74, 6) is -7.31. The van der Waals surface area contributed by atoms with Crippen molar-refractivity contribution in [3.63, 3.8) is 0 Å². The minimum absolute atomic E-state index is 0.00860. The van der Waals surface area contributed by atoms with Crippen LogP contribution in [-0.2, 0) is 40.0 Å². The predicted octanol–water partition coefficient (Wildman–Crippen LogP) is -1.38. The van der Waals surface area contributed by atoms with Crippen molar-refractivity contribution in [1.82, 2.24) is 26.6 Å². The van der Waals surface area contributed by atoms with Gasteiger partial charge < -0.3 is 54.0 Å². The summed E-state index contributed by atoms with van der Waals surface area (Å²) in [6.07, 6.45) is -0.430. The number of thiol groups is 1. The Morgan fingerprint density at radius 2 is 1.15 bits per heavy atom. The van der Waals surface area contributed by atoms with Gasteiger partial charge in [0.25, 0.3) is 0 Å². The Hall–Kier alpha value is -4.91. The summed E-state index contributed by atoms with van der Waals surface area (Å²) < 4.78 is 0. The maximum atomic E-state index is 13.7. The molecule has 0 aliphatic rings. The van der Waals surface area contributed by atoms with Crippen LogP contribution in [0.2, 0.25) is 0 Å². The molecular formula is C34H55N9O9S. The standard InChI is InChI=1S/C34H55N9O9S/c1-18(2)13-23(40-29(47)22(11-8-12-38-34(36)37)39-28(46)21(35)17-53)30(48)41-24(14-19(3)4)31(49)42-25(16-27(44)45)32(50)43-26(33(51)52)15-20-9-6-5-7-10-20/h5-7,9-10,18-19,21-26,53H,8,11-17,35H2,1-4H3,(H,39,46)(H,40,47)(H,41,48)(H,42,49)(H,43,50)(H,44,45)(H,51,52)(H4,36,37,38)/t21-,22-,23-,24-,25-,26-/m0/s1. The first kappa shape index (κ1) is 46.1. The Morgan fingerprint density at radius 1 is 0.698 bits per heavy atom. The minimum Gasteiger partial charge on any atom is -0.481 e. The van der Waals surface area contributed by atoms with Gasteiger partial charge in [-0.2, -0.15) is 12.6 Å². The second-order valence-electron chi connectivity index (χ2n) is 13.4. The number of nitrogens with two attached hydrogens (primary N) is 3. The smallest absolute Gasteiger partial charge is 0.326 e. The summed E-state index contributed by atoms with van der Waals surface area (Å²) in [6, 6.07) is 0.702. The summed E-state index contributed by atoms with van der Waals surface area (Å²) in [5, 5.41) is 31.8. The molecule has 1 aromatic carbocycles. The Labute approximate surface area is 314 Å². The third kappa shape index (κ3) is 18.4. The first-order valence-electron chi connectivity index (χ1n) is 17.3. The van der Waals surface area contributed by atoms with E-state index in [1.165, 1.54) is 0 Å². The number of carbonyl (C=O) groups excluding carboxylic acids is 5. The van der Waals surface area contributed by atoms with E-state index in [4.69, 9.17) is 17.2 Å². The number of guanidine groups is 1. The molecule has 18 nitrogen and oxygen atoms in total. The molecule has 5 amide bonds. The van der Waals surface area contributed by atoms with Gasteiger partial charge in [0, 0.05) is 18.7 Å². The topological polar surface area (TPSA) is 311 Å². The number of carbonyl (C=O) groups is 7. The third-order valence-electron chi connectivity index (χ3n) is 7.70. The molecule has 6 atom stereocenters. The lowest BCUT2D eigenvalue weighted by atomic mass is 9.99. The molecule has 0 aromatic heterocycles. The van der Waals surface area contributed by atoms with Crippen LogP contribution < -0.4 is 43.8 Å². The van der Waals surface area contributed by atoms with Crippen LogP contribution in [0.15, 0.2) is 35.3 Å². The number of carboxylic acids is 2. The van der Waals surface area contributed by atoms with Gasteiger partial charge in [-0.05, 0) is 43.1 Å². The van der Waals surface area contributed by atoms with Crippen molar-refractivity contribution in [3.8, 4) is 0 Å². The number of hydrogen-bond acceptors (Lipinski definition) is 10. The number of hydrogen-bond donors (Lipinski definition) is 11. The molecular weight excluding hydrogens is 710 g/mol. The highest BCUT2D eigenvalue weighted by atomic mass is 32.1. The zero-order chi connectivity index (χ0) is 40.2. The maximum absolute atomic E-state index is 13.7. The second kappa shape index (κ2) is 23.6. The minimum atomic E-state index is -1.69. The van der Waals surface area contributed by atoms with E-state index in [0.717, 1.165) is 0 Å². The molecule has 0 unspecified atom stereocenters. The number of benzene rings is 1. The monoisotopic (exact) mass is 765 g/mol. The number of aliphatic carboxylic acids is 2. The maximum Gasteiger partial charge on any atom is 0.326 e. The van der Waals surface area contributed by atoms with Crippen LogP contribution in [0.1, 0.15) is 65.4 Å². The Bertz CT molecular complexity index is 1430. The summed E-state index contributed by atoms with van der Waals surface area (Å²) in [7, 11) is 0. The molecule has 53 heavy (non-hydrogen) atoms. The van der Waals surface area contributed by atoms with Gasteiger partial charge in [-0.1, -0.05) is 58.0 Å². The largest absolute Gasteiger partial charge is 0.481 e. The van der Waals surface area contributed by atoms with E-state index in [2.05, 4.69) is 44.2 Å². The normalized spacial score (nSPS) is 14.4. The van der Waals surface area contributed by atoms with Crippen LogP contribution in [0.5, 0.6) is 0 Å². The highest BCUT2D eigenvalue weighted by Crippen LogP contribution is 2.11. The van der Waals surface area contributed by atoms with E-state index in [-0.39, 0.29) is 62.2 Å². The molecule has 0 saturated carbocycles. The molecule has 13 N–H and O–H groups in total. The number of rotatable bonds is 24. The van der Waals surface area contributed by atoms with Gasteiger partial charge in [-0.15, -0.1) is 0 Å². The van der Waals surface area contributed by atoms with Crippen molar-refractivity contribution in [1.29, 1.82) is 0 Å². The van der Waals surface area contributed by atoms with E-state index in [1.54, 1.807) is 44.2 Å². The van der Waals surface area contributed by atoms with E-state index in [1.807, 2.05) is 13.8 Å². The molecule has 1 aromatic rings. The van der Waals surface area contributed by atoms with Gasteiger partial charge in [0.15, 0.2) is 5.96 Å². The first-order chi connectivity index (χ1) is 24.8. The van der Waals surface area contributed by atoms with Crippen LogP contribution in [0.3, 0.4) is 0 Å².